The van der Waals surface area contributed by atoms with Crippen molar-refractivity contribution in [1.82, 2.24) is 0 Å². The maximum absolute atomic E-state index is 9.10. The Morgan fingerprint density at radius 2 is 1.25 bits per heavy atom. The minimum absolute atomic E-state index is 0. The summed E-state index contributed by atoms with van der Waals surface area (Å²) in [7, 11) is 0. The van der Waals surface area contributed by atoms with E-state index in [0.29, 0.717) is 0 Å². The van der Waals surface area contributed by atoms with E-state index in [9.17, 15) is 0 Å². The van der Waals surface area contributed by atoms with Gasteiger partial charge in [-0.1, -0.05) is 0 Å². The quantitative estimate of drug-likeness (QED) is 0.280. The molecule has 0 amide bonds. The molecule has 0 aliphatic rings. The fourth-order valence-corrected chi connectivity index (χ4v) is 0. The summed E-state index contributed by atoms with van der Waals surface area (Å²) in [5, 5.41) is 14.8. The van der Waals surface area contributed by atoms with Gasteiger partial charge < -0.3 is 11.6 Å². The number of hydrogen-bond acceptors (Lipinski definition) is 2. The molecule has 0 aliphatic carbocycles. The van der Waals surface area contributed by atoms with Crippen LogP contribution < -0.4 is 18.9 Å². The zero-order valence-electron chi connectivity index (χ0n) is 5.04. The van der Waals surface area contributed by atoms with Crippen LogP contribution in [0.5, 0.6) is 0 Å². The number of rotatable bonds is 0. The molecule has 8 heavy (non-hydrogen) atoms. The molecule has 45 valence electrons. The van der Waals surface area contributed by atoms with Gasteiger partial charge in [-0.15, -0.1) is 0 Å². The van der Waals surface area contributed by atoms with Crippen molar-refractivity contribution >= 4 is 11.9 Å². The number of carboxylic acid groups (broad SMARTS) is 2. The van der Waals surface area contributed by atoms with E-state index in [2.05, 4.69) is 0 Å². The Hall–Kier alpha value is 0.0439. The summed E-state index contributed by atoms with van der Waals surface area (Å²) in [4.78, 5) is 18.2. The van der Waals surface area contributed by atoms with Crippen molar-refractivity contribution in [2.24, 2.45) is 0 Å². The molecule has 0 spiro atoms. The third kappa shape index (κ3) is 9.40. The van der Waals surface area contributed by atoms with Crippen LogP contribution in [-0.4, -0.2) is 22.2 Å². The van der Waals surface area contributed by atoms with E-state index in [4.69, 9.17) is 19.8 Å². The number of carboxylic acids is 2. The molecule has 0 saturated heterocycles. The first-order valence-electron chi connectivity index (χ1n) is 1.11. The molecular formula is C2H3CoLiO4. The minimum Gasteiger partial charge on any atom is -1.00 e. The third-order valence-corrected chi connectivity index (χ3v) is 0.183. The Balaban J connectivity index is -0.0000000417. The maximum atomic E-state index is 9.10. The number of hydrogen-bond donors (Lipinski definition) is 2. The normalized spacial score (nSPS) is 5.50. The van der Waals surface area contributed by atoms with E-state index < -0.39 is 11.9 Å². The Kier molecular flexibility index (Phi) is 13.8. The van der Waals surface area contributed by atoms with Crippen molar-refractivity contribution in [1.29, 1.82) is 0 Å². The smallest absolute Gasteiger partial charge is 1.00 e. The molecule has 0 aliphatic heterocycles. The molecule has 6 heteroatoms. The molecular weight excluding hydrogens is 154 g/mol. The van der Waals surface area contributed by atoms with Gasteiger partial charge in [0.25, 0.3) is 0 Å². The molecule has 0 rings (SSSR count). The Morgan fingerprint density at radius 1 is 1.12 bits per heavy atom. The molecule has 0 unspecified atom stereocenters. The summed E-state index contributed by atoms with van der Waals surface area (Å²) in [6, 6.07) is 0. The van der Waals surface area contributed by atoms with Crippen LogP contribution in [0.2, 0.25) is 0 Å². The second-order valence-electron chi connectivity index (χ2n) is 0.610. The molecule has 4 nitrogen and oxygen atoms in total. The second-order valence-corrected chi connectivity index (χ2v) is 0.610. The molecule has 2 N–H and O–H groups in total. The summed E-state index contributed by atoms with van der Waals surface area (Å²) in [6.45, 7) is 0. The van der Waals surface area contributed by atoms with Crippen LogP contribution in [0.3, 0.4) is 0 Å². The van der Waals surface area contributed by atoms with Gasteiger partial charge in [-0.05, 0) is 0 Å². The van der Waals surface area contributed by atoms with Gasteiger partial charge in [0.05, 0.1) is 0 Å². The van der Waals surface area contributed by atoms with Gasteiger partial charge in [-0.3, -0.25) is 0 Å². The fraction of sp³-hybridized carbons (Fsp3) is 0. The summed E-state index contributed by atoms with van der Waals surface area (Å²) >= 11 is 0. The molecule has 1 radical (unpaired) electrons. The van der Waals surface area contributed by atoms with Crippen LogP contribution in [0.1, 0.15) is 1.43 Å². The molecule has 0 saturated carbocycles. The van der Waals surface area contributed by atoms with E-state index in [0.717, 1.165) is 0 Å². The van der Waals surface area contributed by atoms with Gasteiger partial charge in [0.15, 0.2) is 0 Å². The minimum atomic E-state index is -1.82. The topological polar surface area (TPSA) is 74.6 Å². The number of aliphatic carboxylic acids is 2. The van der Waals surface area contributed by atoms with Crippen LogP contribution in [-0.2, 0) is 26.4 Å². The van der Waals surface area contributed by atoms with E-state index in [1.165, 1.54) is 0 Å². The van der Waals surface area contributed by atoms with Gasteiger partial charge in [-0.2, -0.15) is 0 Å². The molecule has 0 aromatic carbocycles. The van der Waals surface area contributed by atoms with Gasteiger partial charge in [0.2, 0.25) is 0 Å². The summed E-state index contributed by atoms with van der Waals surface area (Å²) < 4.78 is 0. The van der Waals surface area contributed by atoms with Crippen molar-refractivity contribution in [2.75, 3.05) is 0 Å². The SMILES string of the molecule is O=C(O)C(=O)O.[Co].[H-].[Li+]. The maximum Gasteiger partial charge on any atom is 1.00 e. The molecule has 0 bridgehead atoms. The zero-order valence-corrected chi connectivity index (χ0v) is 5.09. The van der Waals surface area contributed by atoms with Gasteiger partial charge in [0.1, 0.15) is 0 Å². The molecule has 0 fully saturated rings. The third-order valence-electron chi connectivity index (χ3n) is 0.183. The van der Waals surface area contributed by atoms with E-state index in [-0.39, 0.29) is 37.1 Å². The van der Waals surface area contributed by atoms with E-state index in [1.54, 1.807) is 0 Å². The standard InChI is InChI=1S/C2H2O4.Co.Li.H/c3-1(4)2(5)6;;;/h(H,3,4)(H,5,6);;;/q;;+1;-1. The van der Waals surface area contributed by atoms with Crippen LogP contribution in [0, 0.1) is 0 Å². The zero-order chi connectivity index (χ0) is 5.15. The van der Waals surface area contributed by atoms with Crippen molar-refractivity contribution in [3.63, 3.8) is 0 Å². The van der Waals surface area contributed by atoms with Crippen molar-refractivity contribution in [3.8, 4) is 0 Å². The van der Waals surface area contributed by atoms with E-state index >= 15 is 0 Å². The van der Waals surface area contributed by atoms with Crippen LogP contribution in [0.15, 0.2) is 0 Å². The van der Waals surface area contributed by atoms with Crippen LogP contribution in [0.25, 0.3) is 0 Å². The molecule has 0 heterocycles. The monoisotopic (exact) mass is 157 g/mol. The predicted molar refractivity (Wildman–Crippen MR) is 16.4 cm³/mol. The first kappa shape index (κ1) is 15.7. The van der Waals surface area contributed by atoms with Crippen molar-refractivity contribution in [3.05, 3.63) is 0 Å². The van der Waals surface area contributed by atoms with Crippen molar-refractivity contribution in [2.45, 2.75) is 0 Å². The van der Waals surface area contributed by atoms with Crippen LogP contribution in [0.4, 0.5) is 0 Å². The molecule has 0 atom stereocenters. The summed E-state index contributed by atoms with van der Waals surface area (Å²) in [5.74, 6) is -3.65. The Labute approximate surface area is 69.1 Å². The number of carbonyl (C=O) groups is 2. The largest absolute Gasteiger partial charge is 1.00 e. The Morgan fingerprint density at radius 3 is 1.25 bits per heavy atom. The van der Waals surface area contributed by atoms with Gasteiger partial charge in [-0.25, -0.2) is 9.59 Å². The van der Waals surface area contributed by atoms with Crippen molar-refractivity contribution < 1.29 is 56.9 Å². The fourth-order valence-electron chi connectivity index (χ4n) is 0. The predicted octanol–water partition coefficient (Wildman–Crippen LogP) is -3.73. The second kappa shape index (κ2) is 7.04. The summed E-state index contributed by atoms with van der Waals surface area (Å²) in [5.41, 5.74) is 0. The van der Waals surface area contributed by atoms with Gasteiger partial charge >= 0.3 is 30.8 Å². The van der Waals surface area contributed by atoms with Crippen LogP contribution >= 0.6 is 0 Å². The average molecular weight is 157 g/mol. The summed E-state index contributed by atoms with van der Waals surface area (Å²) in [6.07, 6.45) is 0. The first-order chi connectivity index (χ1) is 2.64. The van der Waals surface area contributed by atoms with E-state index in [1.807, 2.05) is 0 Å². The Bertz CT molecular complexity index is 84.6. The molecule has 0 aromatic rings. The molecule has 0 aromatic heterocycles. The average Bonchev–Trinajstić information content (AvgIpc) is 1.36. The van der Waals surface area contributed by atoms with Gasteiger partial charge in [0, 0.05) is 16.8 Å². The first-order valence-corrected chi connectivity index (χ1v) is 1.11.